The Morgan fingerprint density at radius 3 is 2.83 bits per heavy atom. The molecule has 1 saturated carbocycles. The monoisotopic (exact) mass is 202 g/mol. The molecule has 66 valence electrons. The Morgan fingerprint density at radius 1 is 1.58 bits per heavy atom. The Morgan fingerprint density at radius 2 is 2.42 bits per heavy atom. The number of aromatic nitrogens is 2. The van der Waals surface area contributed by atoms with Gasteiger partial charge in [0.25, 0.3) is 0 Å². The molecule has 0 atom stereocenters. The van der Waals surface area contributed by atoms with E-state index in [2.05, 4.69) is 8.75 Å². The smallest absolute Gasteiger partial charge is 0.0748 e. The van der Waals surface area contributed by atoms with Crippen LogP contribution in [0.2, 0.25) is 0 Å². The molecule has 12 heavy (non-hydrogen) atoms. The van der Waals surface area contributed by atoms with Crippen molar-refractivity contribution in [1.82, 2.24) is 8.75 Å². The summed E-state index contributed by atoms with van der Waals surface area (Å²) in [6.07, 6.45) is 6.72. The van der Waals surface area contributed by atoms with Gasteiger partial charge in [0.2, 0.25) is 0 Å². The van der Waals surface area contributed by atoms with Crippen molar-refractivity contribution in [1.29, 1.82) is 0 Å². The topological polar surface area (TPSA) is 25.8 Å². The minimum Gasteiger partial charge on any atom is -0.181 e. The van der Waals surface area contributed by atoms with E-state index in [1.165, 1.54) is 31.0 Å². The quantitative estimate of drug-likeness (QED) is 0.704. The summed E-state index contributed by atoms with van der Waals surface area (Å²) in [6.45, 7) is 0. The van der Waals surface area contributed by atoms with E-state index in [0.717, 1.165) is 18.0 Å². The fourth-order valence-corrected chi connectivity index (χ4v) is 2.47. The summed E-state index contributed by atoms with van der Waals surface area (Å²) in [5.74, 6) is 0.768. The van der Waals surface area contributed by atoms with Crippen molar-refractivity contribution in [2.75, 3.05) is 5.88 Å². The van der Waals surface area contributed by atoms with Crippen molar-refractivity contribution in [3.8, 4) is 0 Å². The maximum absolute atomic E-state index is 5.93. The highest BCUT2D eigenvalue weighted by Crippen LogP contribution is 2.44. The average molecular weight is 203 g/mol. The van der Waals surface area contributed by atoms with Crippen molar-refractivity contribution < 1.29 is 0 Å². The zero-order chi connectivity index (χ0) is 8.44. The van der Waals surface area contributed by atoms with Gasteiger partial charge in [-0.3, -0.25) is 0 Å². The summed E-state index contributed by atoms with van der Waals surface area (Å²) in [6, 6.07) is 0. The van der Waals surface area contributed by atoms with Crippen LogP contribution < -0.4 is 0 Å². The van der Waals surface area contributed by atoms with Crippen LogP contribution in [0.15, 0.2) is 6.20 Å². The van der Waals surface area contributed by atoms with Gasteiger partial charge >= 0.3 is 0 Å². The van der Waals surface area contributed by atoms with E-state index in [1.54, 1.807) is 0 Å². The molecule has 0 spiro atoms. The first kappa shape index (κ1) is 8.45. The van der Waals surface area contributed by atoms with Crippen LogP contribution in [0.5, 0.6) is 0 Å². The van der Waals surface area contributed by atoms with Crippen molar-refractivity contribution in [3.05, 3.63) is 11.9 Å². The summed E-state index contributed by atoms with van der Waals surface area (Å²) in [5, 5.41) is 0. The lowest BCUT2D eigenvalue weighted by atomic mass is 9.67. The second kappa shape index (κ2) is 3.30. The Hall–Kier alpha value is -0.150. The zero-order valence-corrected chi connectivity index (χ0v) is 8.37. The number of hydrogen-bond acceptors (Lipinski definition) is 3. The van der Waals surface area contributed by atoms with E-state index in [0.29, 0.717) is 5.41 Å². The van der Waals surface area contributed by atoms with Crippen LogP contribution in [0.1, 0.15) is 25.0 Å². The molecular weight excluding hydrogens is 192 g/mol. The van der Waals surface area contributed by atoms with Gasteiger partial charge in [-0.2, -0.15) is 8.75 Å². The van der Waals surface area contributed by atoms with Crippen LogP contribution in [-0.2, 0) is 6.42 Å². The highest BCUT2D eigenvalue weighted by molar-refractivity contribution is 6.99. The second-order valence-corrected chi connectivity index (χ2v) is 4.39. The maximum Gasteiger partial charge on any atom is 0.0748 e. The van der Waals surface area contributed by atoms with Gasteiger partial charge in [-0.25, -0.2) is 0 Å². The van der Waals surface area contributed by atoms with Crippen LogP contribution in [-0.4, -0.2) is 14.6 Å². The fourth-order valence-electron chi connectivity index (χ4n) is 1.68. The molecule has 0 radical (unpaired) electrons. The number of nitrogens with zero attached hydrogens (tertiary/aromatic N) is 2. The van der Waals surface area contributed by atoms with Gasteiger partial charge in [0.05, 0.1) is 23.6 Å². The van der Waals surface area contributed by atoms with Crippen LogP contribution in [0.25, 0.3) is 0 Å². The molecule has 0 N–H and O–H groups in total. The van der Waals surface area contributed by atoms with Gasteiger partial charge in [0.15, 0.2) is 0 Å². The minimum atomic E-state index is 0.358. The molecule has 0 aliphatic heterocycles. The van der Waals surface area contributed by atoms with Crippen LogP contribution in [0, 0.1) is 5.41 Å². The molecule has 2 rings (SSSR count). The molecule has 0 bridgehead atoms. The highest BCUT2D eigenvalue weighted by atomic mass is 35.5. The van der Waals surface area contributed by atoms with Crippen LogP contribution in [0.3, 0.4) is 0 Å². The van der Waals surface area contributed by atoms with E-state index in [-0.39, 0.29) is 0 Å². The molecule has 0 saturated heterocycles. The molecule has 0 unspecified atom stereocenters. The fraction of sp³-hybridized carbons (Fsp3) is 0.750. The number of hydrogen-bond donors (Lipinski definition) is 0. The average Bonchev–Trinajstić information content (AvgIpc) is 2.49. The van der Waals surface area contributed by atoms with E-state index in [4.69, 9.17) is 11.6 Å². The third-order valence-corrected chi connectivity index (χ3v) is 3.74. The van der Waals surface area contributed by atoms with E-state index in [1.807, 2.05) is 6.20 Å². The zero-order valence-electron chi connectivity index (χ0n) is 6.79. The summed E-state index contributed by atoms with van der Waals surface area (Å²) in [4.78, 5) is 0. The van der Waals surface area contributed by atoms with E-state index >= 15 is 0 Å². The van der Waals surface area contributed by atoms with Gasteiger partial charge in [0.1, 0.15) is 0 Å². The maximum atomic E-state index is 5.93. The van der Waals surface area contributed by atoms with Crippen LogP contribution in [0.4, 0.5) is 0 Å². The SMILES string of the molecule is ClCC1(Cc2cnsn2)CCC1. The largest absolute Gasteiger partial charge is 0.181 e. The summed E-state index contributed by atoms with van der Waals surface area (Å²) < 4.78 is 8.19. The molecular formula is C8H11ClN2S. The summed E-state index contributed by atoms with van der Waals surface area (Å²) in [7, 11) is 0. The van der Waals surface area contributed by atoms with Gasteiger partial charge in [-0.05, 0) is 24.7 Å². The molecule has 1 aliphatic rings. The Balaban J connectivity index is 2.01. The number of alkyl halides is 1. The minimum absolute atomic E-state index is 0.358. The predicted molar refractivity (Wildman–Crippen MR) is 50.6 cm³/mol. The number of halogens is 1. The van der Waals surface area contributed by atoms with Crippen molar-refractivity contribution >= 4 is 23.3 Å². The second-order valence-electron chi connectivity index (χ2n) is 3.56. The lowest BCUT2D eigenvalue weighted by molar-refractivity contribution is 0.165. The molecule has 0 aromatic carbocycles. The molecule has 1 fully saturated rings. The molecule has 1 aliphatic carbocycles. The summed E-state index contributed by atoms with van der Waals surface area (Å²) in [5.41, 5.74) is 1.47. The highest BCUT2D eigenvalue weighted by Gasteiger charge is 2.36. The molecule has 0 amide bonds. The Bertz CT molecular complexity index is 238. The standard InChI is InChI=1S/C8H11ClN2S/c9-6-8(2-1-3-8)4-7-5-10-12-11-7/h5H,1-4,6H2. The van der Waals surface area contributed by atoms with Crippen molar-refractivity contribution in [3.63, 3.8) is 0 Å². The van der Waals surface area contributed by atoms with Gasteiger partial charge in [-0.1, -0.05) is 6.42 Å². The van der Waals surface area contributed by atoms with Gasteiger partial charge < -0.3 is 0 Å². The first-order valence-corrected chi connectivity index (χ1v) is 5.44. The van der Waals surface area contributed by atoms with E-state index < -0.39 is 0 Å². The van der Waals surface area contributed by atoms with Gasteiger partial charge in [0, 0.05) is 5.88 Å². The Labute approximate surface area is 81.3 Å². The Kier molecular flexibility index (Phi) is 2.33. The predicted octanol–water partition coefficient (Wildman–Crippen LogP) is 2.49. The first-order valence-electron chi connectivity index (χ1n) is 4.17. The molecule has 1 aromatic heterocycles. The third-order valence-electron chi connectivity index (χ3n) is 2.66. The first-order chi connectivity index (χ1) is 5.85. The van der Waals surface area contributed by atoms with E-state index in [9.17, 15) is 0 Å². The number of rotatable bonds is 3. The van der Waals surface area contributed by atoms with Crippen molar-refractivity contribution in [2.45, 2.75) is 25.7 Å². The van der Waals surface area contributed by atoms with Crippen LogP contribution >= 0.6 is 23.3 Å². The lowest BCUT2D eigenvalue weighted by Crippen LogP contribution is -2.33. The van der Waals surface area contributed by atoms with Gasteiger partial charge in [-0.15, -0.1) is 11.6 Å². The molecule has 2 nitrogen and oxygen atoms in total. The molecule has 1 aromatic rings. The third kappa shape index (κ3) is 1.48. The summed E-state index contributed by atoms with van der Waals surface area (Å²) >= 11 is 7.21. The molecule has 1 heterocycles. The molecule has 4 heteroatoms. The van der Waals surface area contributed by atoms with Crippen molar-refractivity contribution in [2.24, 2.45) is 5.41 Å². The normalized spacial score (nSPS) is 20.4. The lowest BCUT2D eigenvalue weighted by Gasteiger charge is -2.39.